The van der Waals surface area contributed by atoms with Crippen LogP contribution in [0.1, 0.15) is 47.1 Å². The quantitative estimate of drug-likeness (QED) is 0.275. The highest BCUT2D eigenvalue weighted by Crippen LogP contribution is 2.39. The van der Waals surface area contributed by atoms with Crippen molar-refractivity contribution in [1.29, 1.82) is 0 Å². The van der Waals surface area contributed by atoms with Gasteiger partial charge in [-0.05, 0) is 48.4 Å². The van der Waals surface area contributed by atoms with Crippen LogP contribution >= 0.6 is 22.9 Å². The predicted octanol–water partition coefficient (Wildman–Crippen LogP) is 5.62. The Morgan fingerprint density at radius 2 is 1.71 bits per heavy atom. The normalized spacial score (nSPS) is 20.0. The summed E-state index contributed by atoms with van der Waals surface area (Å²) in [6.07, 6.45) is -12.4. The van der Waals surface area contributed by atoms with Crippen LogP contribution in [-0.2, 0) is 28.4 Å². The van der Waals surface area contributed by atoms with Crippen molar-refractivity contribution in [2.45, 2.75) is 44.3 Å². The third kappa shape index (κ3) is 6.55. The van der Waals surface area contributed by atoms with Gasteiger partial charge in [-0.3, -0.25) is 9.88 Å². The molecule has 2 heterocycles. The van der Waals surface area contributed by atoms with Gasteiger partial charge in [-0.1, -0.05) is 12.1 Å². The van der Waals surface area contributed by atoms with E-state index in [1.807, 2.05) is 0 Å². The Kier molecular flexibility index (Phi) is 8.20. The van der Waals surface area contributed by atoms with Gasteiger partial charge in [-0.2, -0.15) is 29.2 Å². The maximum absolute atomic E-state index is 13.6. The van der Waals surface area contributed by atoms with Crippen molar-refractivity contribution >= 4 is 22.9 Å². The molecule has 4 rings (SSSR count). The standard InChI is InChI=1S/C23H20F7IN4O3/c1-12(14-8-15(22(25,26)27)10-16(9-14)23(28,29)30)38-20-19(13-2-4-17(24)5-3-13)34(6-7-37-20)11-18-32-21(36)35(31)33-18/h2-5,8-10,12,19-20H,6-7,11H2,1H3,(H,32,33,36). The lowest BCUT2D eigenvalue weighted by Gasteiger charge is -2.41. The number of H-pyrrole nitrogens is 1. The average molecular weight is 660 g/mol. The Morgan fingerprint density at radius 1 is 1.11 bits per heavy atom. The van der Waals surface area contributed by atoms with Gasteiger partial charge in [0.05, 0.1) is 59.3 Å². The Labute approximate surface area is 225 Å². The second-order valence-electron chi connectivity index (χ2n) is 8.56. The summed E-state index contributed by atoms with van der Waals surface area (Å²) in [5.41, 5.74) is -3.22. The molecule has 38 heavy (non-hydrogen) atoms. The topological polar surface area (TPSA) is 72.4 Å². The molecule has 3 aromatic rings. The van der Waals surface area contributed by atoms with Gasteiger partial charge in [0, 0.05) is 6.54 Å². The number of morpholine rings is 1. The Hall–Kier alpha value is -2.50. The second kappa shape index (κ2) is 10.9. The molecule has 0 amide bonds. The van der Waals surface area contributed by atoms with Crippen LogP contribution in [0, 0.1) is 5.82 Å². The molecule has 3 unspecified atom stereocenters. The summed E-state index contributed by atoms with van der Waals surface area (Å²) in [5, 5.41) is 4.08. The van der Waals surface area contributed by atoms with E-state index in [4.69, 9.17) is 9.47 Å². The van der Waals surface area contributed by atoms with Crippen molar-refractivity contribution in [2.75, 3.05) is 13.2 Å². The zero-order chi connectivity index (χ0) is 27.8. The monoisotopic (exact) mass is 660 g/mol. The van der Waals surface area contributed by atoms with Gasteiger partial charge >= 0.3 is 18.0 Å². The first kappa shape index (κ1) is 28.5. The molecule has 7 nitrogen and oxygen atoms in total. The van der Waals surface area contributed by atoms with Crippen molar-refractivity contribution in [3.05, 3.63) is 86.8 Å². The van der Waals surface area contributed by atoms with Crippen LogP contribution < -0.4 is 5.69 Å². The summed E-state index contributed by atoms with van der Waals surface area (Å²) in [5.74, 6) is -0.211. The summed E-state index contributed by atoms with van der Waals surface area (Å²) in [7, 11) is 0. The number of nitrogens with one attached hydrogen (secondary N) is 1. The fraction of sp³-hybridized carbons (Fsp3) is 0.391. The first-order valence-corrected chi connectivity index (χ1v) is 12.1. The minimum atomic E-state index is -5.01. The van der Waals surface area contributed by atoms with Crippen molar-refractivity contribution in [2.24, 2.45) is 0 Å². The molecule has 1 N–H and O–H groups in total. The van der Waals surface area contributed by atoms with Crippen LogP contribution in [0.2, 0.25) is 0 Å². The smallest absolute Gasteiger partial charge is 0.349 e. The van der Waals surface area contributed by atoms with E-state index < -0.39 is 53.4 Å². The summed E-state index contributed by atoms with van der Waals surface area (Å²) in [6, 6.07) is 5.82. The molecule has 0 radical (unpaired) electrons. The number of benzene rings is 2. The molecular formula is C23H20F7IN4O3. The van der Waals surface area contributed by atoms with E-state index in [0.29, 0.717) is 30.1 Å². The zero-order valence-electron chi connectivity index (χ0n) is 19.5. The van der Waals surface area contributed by atoms with E-state index in [1.54, 1.807) is 27.8 Å². The number of rotatable bonds is 6. The van der Waals surface area contributed by atoms with Gasteiger partial charge in [-0.25, -0.2) is 9.18 Å². The number of alkyl halides is 6. The van der Waals surface area contributed by atoms with E-state index in [9.17, 15) is 35.5 Å². The number of ether oxygens (including phenoxy) is 2. The van der Waals surface area contributed by atoms with Gasteiger partial charge < -0.3 is 9.47 Å². The minimum Gasteiger partial charge on any atom is -0.349 e. The summed E-state index contributed by atoms with van der Waals surface area (Å²) < 4.78 is 107. The maximum Gasteiger partial charge on any atom is 0.416 e. The second-order valence-corrected chi connectivity index (χ2v) is 9.47. The lowest BCUT2D eigenvalue weighted by atomic mass is 10.0. The molecule has 1 aromatic heterocycles. The first-order valence-electron chi connectivity index (χ1n) is 11.1. The summed E-state index contributed by atoms with van der Waals surface area (Å²) in [4.78, 5) is 16.2. The zero-order valence-corrected chi connectivity index (χ0v) is 21.6. The van der Waals surface area contributed by atoms with Crippen LogP contribution in [0.3, 0.4) is 0 Å². The van der Waals surface area contributed by atoms with E-state index in [2.05, 4.69) is 10.1 Å². The van der Waals surface area contributed by atoms with Crippen LogP contribution in [0.5, 0.6) is 0 Å². The van der Waals surface area contributed by atoms with Gasteiger partial charge in [0.1, 0.15) is 11.6 Å². The molecule has 0 saturated carbocycles. The highest BCUT2D eigenvalue weighted by molar-refractivity contribution is 14.1. The van der Waals surface area contributed by atoms with Crippen molar-refractivity contribution in [3.8, 4) is 0 Å². The van der Waals surface area contributed by atoms with Gasteiger partial charge in [0.25, 0.3) is 0 Å². The fourth-order valence-electron chi connectivity index (χ4n) is 4.11. The maximum atomic E-state index is 13.6. The van der Waals surface area contributed by atoms with Crippen LogP contribution in [0.15, 0.2) is 47.3 Å². The molecule has 0 spiro atoms. The van der Waals surface area contributed by atoms with Gasteiger partial charge in [0.15, 0.2) is 6.29 Å². The third-order valence-electron chi connectivity index (χ3n) is 5.92. The number of aromatic nitrogens is 3. The Bertz CT molecular complexity index is 1290. The minimum absolute atomic E-state index is 0.0450. The van der Waals surface area contributed by atoms with Gasteiger partial charge in [-0.15, -0.1) is 5.10 Å². The number of halogens is 8. The molecular weight excluding hydrogens is 640 g/mol. The van der Waals surface area contributed by atoms with E-state index in [0.717, 1.165) is 2.90 Å². The SMILES string of the molecule is CC(OC1OCCN(Cc2nn(I)c(=O)[nH]2)C1c1ccc(F)cc1)c1cc(C(F)(F)F)cc(C(F)(F)F)c1. The number of nitrogens with zero attached hydrogens (tertiary/aromatic N) is 3. The molecule has 1 aliphatic heterocycles. The van der Waals surface area contributed by atoms with Crippen LogP contribution in [0.25, 0.3) is 0 Å². The summed E-state index contributed by atoms with van der Waals surface area (Å²) >= 11 is 1.69. The largest absolute Gasteiger partial charge is 0.416 e. The molecule has 1 aliphatic rings. The number of hydrogen-bond donors (Lipinski definition) is 1. The molecule has 1 saturated heterocycles. The molecule has 1 fully saturated rings. The van der Waals surface area contributed by atoms with E-state index in [1.165, 1.54) is 31.2 Å². The van der Waals surface area contributed by atoms with Crippen molar-refractivity contribution in [1.82, 2.24) is 17.9 Å². The molecule has 15 heteroatoms. The highest BCUT2D eigenvalue weighted by Gasteiger charge is 2.39. The number of hydrogen-bond acceptors (Lipinski definition) is 5. The van der Waals surface area contributed by atoms with Crippen LogP contribution in [-0.4, -0.2) is 37.3 Å². The van der Waals surface area contributed by atoms with E-state index >= 15 is 0 Å². The highest BCUT2D eigenvalue weighted by atomic mass is 127. The average Bonchev–Trinajstić information content (AvgIpc) is 3.15. The lowest BCUT2D eigenvalue weighted by molar-refractivity contribution is -0.231. The summed E-state index contributed by atoms with van der Waals surface area (Å²) in [6.45, 7) is 1.83. The lowest BCUT2D eigenvalue weighted by Crippen LogP contribution is -2.46. The van der Waals surface area contributed by atoms with E-state index in [-0.39, 0.29) is 24.8 Å². The molecule has 3 atom stereocenters. The fourth-order valence-corrected chi connectivity index (χ4v) is 4.49. The number of aromatic amines is 1. The third-order valence-corrected chi connectivity index (χ3v) is 6.58. The Morgan fingerprint density at radius 3 is 2.24 bits per heavy atom. The first-order chi connectivity index (χ1) is 17.7. The van der Waals surface area contributed by atoms with Gasteiger partial charge in [0.2, 0.25) is 0 Å². The predicted molar refractivity (Wildman–Crippen MR) is 128 cm³/mol. The van der Waals surface area contributed by atoms with Crippen LogP contribution in [0.4, 0.5) is 30.7 Å². The van der Waals surface area contributed by atoms with Crippen molar-refractivity contribution in [3.63, 3.8) is 0 Å². The molecule has 206 valence electrons. The molecule has 0 bridgehead atoms. The Balaban J connectivity index is 1.67. The molecule has 2 aromatic carbocycles. The molecule has 0 aliphatic carbocycles. The van der Waals surface area contributed by atoms with Crippen molar-refractivity contribution < 1.29 is 40.2 Å².